The Bertz CT molecular complexity index is 1450. The third-order valence-electron chi connectivity index (χ3n) is 5.57. The van der Waals surface area contributed by atoms with Gasteiger partial charge in [-0.2, -0.15) is 0 Å². The molecule has 0 aliphatic carbocycles. The Kier molecular flexibility index (Phi) is 5.66. The SMILES string of the molecule is CCS(=O)(=O)c1ccc(Oc2cc3nc(-c4ccccn4)[nH]c3cc2CN2CCOC2=O)cc1. The lowest BCUT2D eigenvalue weighted by Crippen LogP contribution is -2.23. The van der Waals surface area contributed by atoms with Gasteiger partial charge in [-0.05, 0) is 42.5 Å². The molecule has 0 bridgehead atoms. The monoisotopic (exact) mass is 478 g/mol. The van der Waals surface area contributed by atoms with Crippen LogP contribution >= 0.6 is 0 Å². The molecule has 9 nitrogen and oxygen atoms in total. The van der Waals surface area contributed by atoms with E-state index in [4.69, 9.17) is 9.47 Å². The largest absolute Gasteiger partial charge is 0.457 e. The van der Waals surface area contributed by atoms with Gasteiger partial charge in [0.1, 0.15) is 23.8 Å². The number of hydrogen-bond donors (Lipinski definition) is 1. The summed E-state index contributed by atoms with van der Waals surface area (Å²) in [5.41, 5.74) is 2.92. The Labute approximate surface area is 196 Å². The summed E-state index contributed by atoms with van der Waals surface area (Å²) in [6.45, 7) is 2.73. The van der Waals surface area contributed by atoms with Crippen LogP contribution in [0, 0.1) is 0 Å². The standard InChI is InChI=1S/C24H22N4O5S/c1-2-34(30,31)18-8-6-17(7-9-18)33-22-14-21-20(13-16(22)15-28-11-12-32-24(28)29)26-23(27-21)19-5-3-4-10-25-19/h3-10,13-14H,2,11-12,15H2,1H3,(H,26,27). The molecule has 0 atom stereocenters. The number of fused-ring (bicyclic) bond motifs is 1. The number of aromatic amines is 1. The maximum absolute atomic E-state index is 12.1. The maximum atomic E-state index is 12.1. The number of H-pyrrole nitrogens is 1. The molecule has 0 unspecified atom stereocenters. The minimum absolute atomic E-state index is 0.0255. The molecule has 5 rings (SSSR count). The van der Waals surface area contributed by atoms with Crippen molar-refractivity contribution >= 4 is 27.0 Å². The van der Waals surface area contributed by atoms with Gasteiger partial charge < -0.3 is 19.4 Å². The normalized spacial score (nSPS) is 13.9. The minimum Gasteiger partial charge on any atom is -0.457 e. The van der Waals surface area contributed by atoms with E-state index in [9.17, 15) is 13.2 Å². The molecule has 10 heteroatoms. The first-order chi connectivity index (χ1) is 16.4. The summed E-state index contributed by atoms with van der Waals surface area (Å²) in [7, 11) is -3.30. The second-order valence-corrected chi connectivity index (χ2v) is 10.1. The highest BCUT2D eigenvalue weighted by atomic mass is 32.2. The van der Waals surface area contributed by atoms with Crippen molar-refractivity contribution in [3.63, 3.8) is 0 Å². The lowest BCUT2D eigenvalue weighted by molar-refractivity contribution is 0.157. The van der Waals surface area contributed by atoms with E-state index in [0.29, 0.717) is 48.2 Å². The van der Waals surface area contributed by atoms with Crippen LogP contribution in [-0.4, -0.2) is 53.3 Å². The molecular weight excluding hydrogens is 456 g/mol. The zero-order valence-corrected chi connectivity index (χ0v) is 19.2. The van der Waals surface area contributed by atoms with Crippen LogP contribution in [0.4, 0.5) is 4.79 Å². The van der Waals surface area contributed by atoms with Crippen LogP contribution in [0.2, 0.25) is 0 Å². The van der Waals surface area contributed by atoms with E-state index >= 15 is 0 Å². The number of carbonyl (C=O) groups is 1. The smallest absolute Gasteiger partial charge is 0.410 e. The summed E-state index contributed by atoms with van der Waals surface area (Å²) in [6, 6.07) is 15.6. The average Bonchev–Trinajstić information content (AvgIpc) is 3.45. The number of cyclic esters (lactones) is 1. The number of pyridine rings is 1. The highest BCUT2D eigenvalue weighted by Crippen LogP contribution is 2.32. The fraction of sp³-hybridized carbons (Fsp3) is 0.208. The van der Waals surface area contributed by atoms with Gasteiger partial charge >= 0.3 is 6.09 Å². The van der Waals surface area contributed by atoms with Gasteiger partial charge in [0.2, 0.25) is 0 Å². The van der Waals surface area contributed by atoms with E-state index in [1.165, 1.54) is 12.1 Å². The van der Waals surface area contributed by atoms with Crippen molar-refractivity contribution in [1.29, 1.82) is 0 Å². The number of ether oxygens (including phenoxy) is 2. The molecule has 0 radical (unpaired) electrons. The molecule has 3 heterocycles. The van der Waals surface area contributed by atoms with Crippen LogP contribution in [0.5, 0.6) is 11.5 Å². The van der Waals surface area contributed by atoms with Gasteiger partial charge in [0, 0.05) is 17.8 Å². The highest BCUT2D eigenvalue weighted by molar-refractivity contribution is 7.91. The molecule has 1 saturated heterocycles. The van der Waals surface area contributed by atoms with E-state index < -0.39 is 9.84 Å². The van der Waals surface area contributed by atoms with Gasteiger partial charge in [0.25, 0.3) is 0 Å². The number of carbonyl (C=O) groups excluding carboxylic acids is 1. The molecule has 1 aliphatic heterocycles. The van der Waals surface area contributed by atoms with Gasteiger partial charge in [-0.25, -0.2) is 18.2 Å². The first-order valence-electron chi connectivity index (χ1n) is 10.8. The van der Waals surface area contributed by atoms with E-state index in [1.54, 1.807) is 36.2 Å². The number of imidazole rings is 1. The number of rotatable bonds is 7. The Balaban J connectivity index is 1.52. The molecule has 34 heavy (non-hydrogen) atoms. The highest BCUT2D eigenvalue weighted by Gasteiger charge is 2.24. The van der Waals surface area contributed by atoms with Crippen molar-refractivity contribution in [3.05, 3.63) is 66.4 Å². The number of sulfone groups is 1. The van der Waals surface area contributed by atoms with E-state index in [2.05, 4.69) is 15.0 Å². The number of benzene rings is 2. The van der Waals surface area contributed by atoms with E-state index in [1.807, 2.05) is 24.3 Å². The van der Waals surface area contributed by atoms with Crippen LogP contribution < -0.4 is 4.74 Å². The van der Waals surface area contributed by atoms with Gasteiger partial charge in [-0.3, -0.25) is 4.98 Å². The molecule has 2 aromatic heterocycles. The molecule has 1 amide bonds. The third kappa shape index (κ3) is 4.32. The number of amides is 1. The lowest BCUT2D eigenvalue weighted by Gasteiger charge is -2.16. The average molecular weight is 479 g/mol. The fourth-order valence-corrected chi connectivity index (χ4v) is 4.59. The minimum atomic E-state index is -3.30. The molecule has 0 saturated carbocycles. The molecule has 1 N–H and O–H groups in total. The molecule has 174 valence electrons. The summed E-state index contributed by atoms with van der Waals surface area (Å²) in [6.07, 6.45) is 1.32. The van der Waals surface area contributed by atoms with E-state index in [0.717, 1.165) is 11.1 Å². The summed E-state index contributed by atoms with van der Waals surface area (Å²) >= 11 is 0. The first kappa shape index (κ1) is 21.9. The lowest BCUT2D eigenvalue weighted by atomic mass is 10.1. The third-order valence-corrected chi connectivity index (χ3v) is 7.32. The molecule has 1 aliphatic rings. The predicted octanol–water partition coefficient (Wildman–Crippen LogP) is 4.16. The van der Waals surface area contributed by atoms with Crippen molar-refractivity contribution in [2.75, 3.05) is 18.9 Å². The molecular formula is C24H22N4O5S. The zero-order valence-electron chi connectivity index (χ0n) is 18.4. The van der Waals surface area contributed by atoms with Gasteiger partial charge in [0.05, 0.1) is 34.8 Å². The van der Waals surface area contributed by atoms with Crippen molar-refractivity contribution in [2.24, 2.45) is 0 Å². The second-order valence-electron chi connectivity index (χ2n) is 7.79. The topological polar surface area (TPSA) is 114 Å². The molecule has 1 fully saturated rings. The quantitative estimate of drug-likeness (QED) is 0.424. The molecule has 0 spiro atoms. The number of aromatic nitrogens is 3. The van der Waals surface area contributed by atoms with Crippen LogP contribution in [0.3, 0.4) is 0 Å². The van der Waals surface area contributed by atoms with Gasteiger partial charge in [-0.1, -0.05) is 13.0 Å². The zero-order chi connectivity index (χ0) is 23.7. The predicted molar refractivity (Wildman–Crippen MR) is 125 cm³/mol. The van der Waals surface area contributed by atoms with Crippen molar-refractivity contribution in [2.45, 2.75) is 18.4 Å². The van der Waals surface area contributed by atoms with Gasteiger partial charge in [0.15, 0.2) is 15.7 Å². The van der Waals surface area contributed by atoms with Crippen molar-refractivity contribution in [1.82, 2.24) is 19.9 Å². The van der Waals surface area contributed by atoms with Crippen LogP contribution in [0.25, 0.3) is 22.6 Å². The van der Waals surface area contributed by atoms with Crippen LogP contribution in [0.1, 0.15) is 12.5 Å². The Hall–Kier alpha value is -3.92. The Morgan fingerprint density at radius 1 is 1.15 bits per heavy atom. The number of nitrogens with zero attached hydrogens (tertiary/aromatic N) is 3. The van der Waals surface area contributed by atoms with Crippen LogP contribution in [-0.2, 0) is 21.1 Å². The molecule has 4 aromatic rings. The first-order valence-corrected chi connectivity index (χ1v) is 12.4. The van der Waals surface area contributed by atoms with Gasteiger partial charge in [-0.15, -0.1) is 0 Å². The fourth-order valence-electron chi connectivity index (χ4n) is 3.71. The number of nitrogens with one attached hydrogen (secondary N) is 1. The second kappa shape index (κ2) is 8.79. The summed E-state index contributed by atoms with van der Waals surface area (Å²) in [5.74, 6) is 1.63. The van der Waals surface area contributed by atoms with Crippen molar-refractivity contribution in [3.8, 4) is 23.0 Å². The maximum Gasteiger partial charge on any atom is 0.410 e. The Morgan fingerprint density at radius 3 is 2.65 bits per heavy atom. The molecule has 2 aromatic carbocycles. The summed E-state index contributed by atoms with van der Waals surface area (Å²) in [4.78, 5) is 26.1. The Morgan fingerprint density at radius 2 is 1.97 bits per heavy atom. The van der Waals surface area contributed by atoms with Crippen LogP contribution in [0.15, 0.2) is 65.7 Å². The van der Waals surface area contributed by atoms with Crippen molar-refractivity contribution < 1.29 is 22.7 Å². The summed E-state index contributed by atoms with van der Waals surface area (Å²) < 4.78 is 35.4. The van der Waals surface area contributed by atoms with E-state index in [-0.39, 0.29) is 16.7 Å². The number of hydrogen-bond acceptors (Lipinski definition) is 7. The summed E-state index contributed by atoms with van der Waals surface area (Å²) in [5, 5.41) is 0.